The molecule has 1 aromatic carbocycles. The summed E-state index contributed by atoms with van der Waals surface area (Å²) in [4.78, 5) is 30.2. The number of amides is 1. The summed E-state index contributed by atoms with van der Waals surface area (Å²) in [5, 5.41) is 3.01. The van der Waals surface area contributed by atoms with Crippen molar-refractivity contribution in [1.29, 1.82) is 0 Å². The van der Waals surface area contributed by atoms with E-state index in [-0.39, 0.29) is 11.3 Å². The zero-order valence-electron chi connectivity index (χ0n) is 12.0. The Morgan fingerprint density at radius 1 is 1.36 bits per heavy atom. The van der Waals surface area contributed by atoms with Crippen molar-refractivity contribution >= 4 is 22.6 Å². The van der Waals surface area contributed by atoms with E-state index in [0.717, 1.165) is 0 Å². The summed E-state index contributed by atoms with van der Waals surface area (Å²) in [6, 6.07) is 4.69. The van der Waals surface area contributed by atoms with E-state index in [0.29, 0.717) is 33.8 Å². The van der Waals surface area contributed by atoms with Gasteiger partial charge < -0.3 is 19.5 Å². The molecule has 0 spiro atoms. The summed E-state index contributed by atoms with van der Waals surface area (Å²) in [6.07, 6.45) is 2.85. The third-order valence-corrected chi connectivity index (χ3v) is 3.16. The van der Waals surface area contributed by atoms with Crippen molar-refractivity contribution in [3.05, 3.63) is 41.0 Å². The van der Waals surface area contributed by atoms with Gasteiger partial charge in [0, 0.05) is 24.4 Å². The van der Waals surface area contributed by atoms with Crippen molar-refractivity contribution in [2.24, 2.45) is 0 Å². The summed E-state index contributed by atoms with van der Waals surface area (Å²) in [7, 11) is 1.52. The Balaban J connectivity index is 2.24. The molecule has 0 saturated carbocycles. The van der Waals surface area contributed by atoms with Crippen LogP contribution in [0.15, 0.2) is 40.0 Å². The molecular weight excluding hydrogens is 286 g/mol. The first-order valence-corrected chi connectivity index (χ1v) is 6.50. The van der Waals surface area contributed by atoms with Crippen LogP contribution in [0.3, 0.4) is 0 Å². The number of oxazole rings is 1. The monoisotopic (exact) mass is 299 g/mol. The summed E-state index contributed by atoms with van der Waals surface area (Å²) >= 11 is 0. The lowest BCUT2D eigenvalue weighted by Gasteiger charge is -2.10. The Morgan fingerprint density at radius 2 is 2.18 bits per heavy atom. The lowest BCUT2D eigenvalue weighted by atomic mass is 10.1. The molecule has 3 aromatic rings. The van der Waals surface area contributed by atoms with E-state index in [9.17, 15) is 9.59 Å². The molecule has 112 valence electrons. The zero-order chi connectivity index (χ0) is 15.7. The first kappa shape index (κ1) is 13.9. The van der Waals surface area contributed by atoms with Crippen LogP contribution in [-0.4, -0.2) is 23.0 Å². The van der Waals surface area contributed by atoms with Crippen LogP contribution >= 0.6 is 0 Å². The van der Waals surface area contributed by atoms with Gasteiger partial charge in [0.25, 0.3) is 0 Å². The van der Waals surface area contributed by atoms with Crippen molar-refractivity contribution in [2.45, 2.75) is 6.92 Å². The number of ether oxygens (including phenoxy) is 1. The zero-order valence-corrected chi connectivity index (χ0v) is 12.0. The number of hydrogen-bond acceptors (Lipinski definition) is 5. The predicted molar refractivity (Wildman–Crippen MR) is 80.9 cm³/mol. The van der Waals surface area contributed by atoms with Gasteiger partial charge in [0.05, 0.1) is 24.4 Å². The molecule has 22 heavy (non-hydrogen) atoms. The minimum Gasteiger partial charge on any atom is -0.496 e. The number of anilines is 1. The van der Waals surface area contributed by atoms with Crippen molar-refractivity contribution in [3.63, 3.8) is 0 Å². The van der Waals surface area contributed by atoms with E-state index in [1.54, 1.807) is 18.3 Å². The van der Waals surface area contributed by atoms with Crippen LogP contribution in [0.1, 0.15) is 6.92 Å². The van der Waals surface area contributed by atoms with Gasteiger partial charge in [0.2, 0.25) is 5.91 Å². The SMILES string of the molecule is COc1cc2[nH]c(NC(C)=O)cc(=O)c2cc1-c1cnco1. The molecule has 7 nitrogen and oxygen atoms in total. The number of H-pyrrole nitrogens is 1. The minimum absolute atomic E-state index is 0.221. The standard InChI is InChI=1S/C15H13N3O4/c1-8(19)17-15-5-12(20)9-3-10(14-6-16-7-22-14)13(21-2)4-11(9)18-15/h3-7H,1-2H3,(H2,17,18,19,20). The Morgan fingerprint density at radius 3 is 2.82 bits per heavy atom. The molecule has 1 amide bonds. The van der Waals surface area contributed by atoms with Crippen molar-refractivity contribution in [2.75, 3.05) is 12.4 Å². The van der Waals surface area contributed by atoms with Gasteiger partial charge >= 0.3 is 0 Å². The number of nitrogens with one attached hydrogen (secondary N) is 2. The largest absolute Gasteiger partial charge is 0.496 e. The second kappa shape index (κ2) is 5.36. The quantitative estimate of drug-likeness (QED) is 0.772. The van der Waals surface area contributed by atoms with Crippen LogP contribution < -0.4 is 15.5 Å². The third kappa shape index (κ3) is 2.44. The third-order valence-electron chi connectivity index (χ3n) is 3.16. The maximum Gasteiger partial charge on any atom is 0.222 e. The van der Waals surface area contributed by atoms with Gasteiger partial charge in [0.1, 0.15) is 11.6 Å². The fourth-order valence-electron chi connectivity index (χ4n) is 2.24. The molecule has 0 aliphatic rings. The summed E-state index contributed by atoms with van der Waals surface area (Å²) < 4.78 is 10.6. The number of benzene rings is 1. The van der Waals surface area contributed by atoms with Crippen LogP contribution in [0, 0.1) is 0 Å². The molecule has 0 atom stereocenters. The van der Waals surface area contributed by atoms with E-state index < -0.39 is 0 Å². The van der Waals surface area contributed by atoms with Gasteiger partial charge in [-0.1, -0.05) is 0 Å². The topological polar surface area (TPSA) is 97.2 Å². The minimum atomic E-state index is -0.264. The first-order chi connectivity index (χ1) is 10.6. The molecule has 2 aromatic heterocycles. The number of nitrogens with zero attached hydrogens (tertiary/aromatic N) is 1. The van der Waals surface area contributed by atoms with Gasteiger partial charge in [0.15, 0.2) is 17.6 Å². The van der Waals surface area contributed by atoms with Crippen LogP contribution in [-0.2, 0) is 4.79 Å². The highest BCUT2D eigenvalue weighted by molar-refractivity contribution is 5.91. The summed E-state index contributed by atoms with van der Waals surface area (Å²) in [5.41, 5.74) is 0.961. The molecule has 0 radical (unpaired) electrons. The Kier molecular flexibility index (Phi) is 3.38. The molecule has 0 fully saturated rings. The Bertz CT molecular complexity index is 897. The number of fused-ring (bicyclic) bond motifs is 1. The molecule has 0 aliphatic heterocycles. The number of carbonyl (C=O) groups is 1. The number of carbonyl (C=O) groups excluding carboxylic acids is 1. The maximum absolute atomic E-state index is 12.2. The average Bonchev–Trinajstić information content (AvgIpc) is 2.99. The highest BCUT2D eigenvalue weighted by Crippen LogP contribution is 2.32. The smallest absolute Gasteiger partial charge is 0.222 e. The van der Waals surface area contributed by atoms with Gasteiger partial charge in [-0.3, -0.25) is 9.59 Å². The number of rotatable bonds is 3. The van der Waals surface area contributed by atoms with E-state index in [1.807, 2.05) is 0 Å². The molecule has 0 aliphatic carbocycles. The molecule has 0 bridgehead atoms. The van der Waals surface area contributed by atoms with E-state index in [1.165, 1.54) is 26.5 Å². The number of aromatic amines is 1. The number of pyridine rings is 1. The van der Waals surface area contributed by atoms with Crippen molar-refractivity contribution in [1.82, 2.24) is 9.97 Å². The van der Waals surface area contributed by atoms with E-state index >= 15 is 0 Å². The van der Waals surface area contributed by atoms with Crippen LogP contribution in [0.4, 0.5) is 5.82 Å². The number of methoxy groups -OCH3 is 1. The molecule has 2 N–H and O–H groups in total. The van der Waals surface area contributed by atoms with E-state index in [4.69, 9.17) is 9.15 Å². The van der Waals surface area contributed by atoms with Crippen molar-refractivity contribution in [3.8, 4) is 17.1 Å². The molecule has 2 heterocycles. The molecular formula is C15H13N3O4. The average molecular weight is 299 g/mol. The highest BCUT2D eigenvalue weighted by Gasteiger charge is 2.13. The van der Waals surface area contributed by atoms with Crippen molar-refractivity contribution < 1.29 is 13.9 Å². The molecule has 0 saturated heterocycles. The molecule has 3 rings (SSSR count). The number of hydrogen-bond donors (Lipinski definition) is 2. The Labute approximate surface area is 124 Å². The van der Waals surface area contributed by atoms with Gasteiger partial charge in [-0.05, 0) is 6.07 Å². The fourth-order valence-corrected chi connectivity index (χ4v) is 2.24. The normalized spacial score (nSPS) is 10.6. The van der Waals surface area contributed by atoms with Gasteiger partial charge in [-0.25, -0.2) is 4.98 Å². The Hall–Kier alpha value is -3.09. The van der Waals surface area contributed by atoms with Gasteiger partial charge in [-0.15, -0.1) is 0 Å². The second-order valence-electron chi connectivity index (χ2n) is 4.69. The highest BCUT2D eigenvalue weighted by atomic mass is 16.5. The predicted octanol–water partition coefficient (Wildman–Crippen LogP) is 2.15. The molecule has 0 unspecified atom stereocenters. The summed E-state index contributed by atoms with van der Waals surface area (Å²) in [6.45, 7) is 1.37. The lowest BCUT2D eigenvalue weighted by Crippen LogP contribution is -2.11. The number of aromatic nitrogens is 2. The van der Waals surface area contributed by atoms with E-state index in [2.05, 4.69) is 15.3 Å². The summed E-state index contributed by atoms with van der Waals surface area (Å²) in [5.74, 6) is 1.10. The first-order valence-electron chi connectivity index (χ1n) is 6.50. The van der Waals surface area contributed by atoms with Crippen LogP contribution in [0.25, 0.3) is 22.2 Å². The second-order valence-corrected chi connectivity index (χ2v) is 4.69. The fraction of sp³-hybridized carbons (Fsp3) is 0.133. The van der Waals surface area contributed by atoms with Crippen LogP contribution in [0.2, 0.25) is 0 Å². The molecule has 7 heteroatoms. The van der Waals surface area contributed by atoms with Crippen LogP contribution in [0.5, 0.6) is 5.75 Å². The maximum atomic E-state index is 12.2. The van der Waals surface area contributed by atoms with Gasteiger partial charge in [-0.2, -0.15) is 0 Å². The lowest BCUT2D eigenvalue weighted by molar-refractivity contribution is -0.114.